The lowest BCUT2D eigenvalue weighted by Gasteiger charge is -2.23. The number of aliphatic hydroxyl groups excluding tert-OH is 1. The molecule has 1 aromatic heterocycles. The Hall–Kier alpha value is -3.68. The Bertz CT molecular complexity index is 1580. The predicted molar refractivity (Wildman–Crippen MR) is 152 cm³/mol. The van der Waals surface area contributed by atoms with Gasteiger partial charge in [-0.05, 0) is 67.3 Å². The Morgan fingerprint density at radius 2 is 1.87 bits per heavy atom. The number of anilines is 1. The number of benzene rings is 3. The van der Waals surface area contributed by atoms with Gasteiger partial charge in [0.2, 0.25) is 0 Å². The number of amides is 1. The second kappa shape index (κ2) is 10.6. The highest BCUT2D eigenvalue weighted by Gasteiger charge is 2.48. The lowest BCUT2D eigenvalue weighted by atomic mass is 9.95. The number of ether oxygens (including phenoxy) is 1. The van der Waals surface area contributed by atoms with Crippen LogP contribution in [0.25, 0.3) is 16.0 Å². The Balaban J connectivity index is 1.66. The van der Waals surface area contributed by atoms with Crippen LogP contribution in [0, 0.1) is 13.8 Å². The van der Waals surface area contributed by atoms with Gasteiger partial charge in [0.25, 0.3) is 5.78 Å². The minimum absolute atomic E-state index is 0.00445. The van der Waals surface area contributed by atoms with E-state index in [2.05, 4.69) is 6.92 Å². The zero-order chi connectivity index (χ0) is 27.0. The van der Waals surface area contributed by atoms with Gasteiger partial charge in [-0.3, -0.25) is 14.5 Å². The van der Waals surface area contributed by atoms with E-state index < -0.39 is 17.7 Å². The number of aliphatic hydroxyl groups is 1. The zero-order valence-corrected chi connectivity index (χ0v) is 22.9. The number of Topliss-reactive ketones (excluding diaryl/α,β-unsaturated/α-hetero) is 1. The van der Waals surface area contributed by atoms with Gasteiger partial charge < -0.3 is 9.84 Å². The Morgan fingerprint density at radius 3 is 2.61 bits per heavy atom. The Morgan fingerprint density at radius 1 is 1.11 bits per heavy atom. The highest BCUT2D eigenvalue weighted by atomic mass is 35.5. The molecule has 0 bridgehead atoms. The van der Waals surface area contributed by atoms with Crippen molar-refractivity contribution < 1.29 is 19.4 Å². The average Bonchev–Trinajstić information content (AvgIpc) is 3.43. The van der Waals surface area contributed by atoms with Crippen LogP contribution in [0.15, 0.2) is 66.2 Å². The predicted octanol–water partition coefficient (Wildman–Crippen LogP) is 7.37. The minimum Gasteiger partial charge on any atom is -0.507 e. The van der Waals surface area contributed by atoms with Crippen LogP contribution >= 0.6 is 22.9 Å². The highest BCUT2D eigenvalue weighted by Crippen LogP contribution is 2.45. The fraction of sp³-hybridized carbons (Fsp3) is 0.233. The summed E-state index contributed by atoms with van der Waals surface area (Å²) in [6.07, 6.45) is 1.90. The number of ketones is 1. The van der Waals surface area contributed by atoms with Crippen LogP contribution < -0.4 is 9.64 Å². The van der Waals surface area contributed by atoms with Crippen molar-refractivity contribution in [1.29, 1.82) is 0 Å². The summed E-state index contributed by atoms with van der Waals surface area (Å²) >= 11 is 7.49. The van der Waals surface area contributed by atoms with Crippen LogP contribution in [-0.2, 0) is 9.59 Å². The molecule has 38 heavy (non-hydrogen) atoms. The number of hydrogen-bond donors (Lipinski definition) is 1. The van der Waals surface area contributed by atoms with Crippen molar-refractivity contribution in [3.63, 3.8) is 0 Å². The van der Waals surface area contributed by atoms with Crippen LogP contribution in [0.3, 0.4) is 0 Å². The SMILES string of the molecule is CCCCOc1cccc(/C(O)=C2\C(=O)C(=O)N(c3nc4c(C)cc(C)cc4s3)C2c2ccc(Cl)cc2)c1. The Labute approximate surface area is 230 Å². The summed E-state index contributed by atoms with van der Waals surface area (Å²) in [4.78, 5) is 33.2. The molecule has 2 heterocycles. The van der Waals surface area contributed by atoms with Crippen molar-refractivity contribution in [1.82, 2.24) is 4.98 Å². The molecule has 1 amide bonds. The van der Waals surface area contributed by atoms with E-state index in [1.54, 1.807) is 48.5 Å². The zero-order valence-electron chi connectivity index (χ0n) is 21.3. The number of nitrogens with zero attached hydrogens (tertiary/aromatic N) is 2. The van der Waals surface area contributed by atoms with Crippen LogP contribution in [-0.4, -0.2) is 28.4 Å². The maximum Gasteiger partial charge on any atom is 0.301 e. The maximum atomic E-state index is 13.5. The number of aryl methyl sites for hydroxylation is 2. The standard InChI is InChI=1S/C30H27ClN2O4S/c1-4-5-13-37-22-8-6-7-20(16-22)27(34)24-26(19-9-11-21(31)12-10-19)33(29(36)28(24)35)30-32-25-18(3)14-17(2)15-23(25)38-30/h6-12,14-16,26,34H,4-5,13H2,1-3H3/b27-24+. The van der Waals surface area contributed by atoms with Gasteiger partial charge in [0.15, 0.2) is 5.13 Å². The van der Waals surface area contributed by atoms with Crippen molar-refractivity contribution >= 4 is 55.7 Å². The molecule has 0 aliphatic carbocycles. The van der Waals surface area contributed by atoms with E-state index in [0.29, 0.717) is 33.6 Å². The first-order chi connectivity index (χ1) is 18.3. The van der Waals surface area contributed by atoms with E-state index in [4.69, 9.17) is 21.3 Å². The van der Waals surface area contributed by atoms with Crippen LogP contribution in [0.1, 0.15) is 48.1 Å². The number of unbranched alkanes of at least 4 members (excludes halogenated alkanes) is 1. The average molecular weight is 547 g/mol. The van der Waals surface area contributed by atoms with Gasteiger partial charge in [-0.25, -0.2) is 4.98 Å². The van der Waals surface area contributed by atoms with Gasteiger partial charge in [-0.15, -0.1) is 0 Å². The normalized spacial score (nSPS) is 16.9. The molecule has 6 nitrogen and oxygen atoms in total. The number of hydrogen-bond acceptors (Lipinski definition) is 6. The first-order valence-corrected chi connectivity index (χ1v) is 13.7. The molecule has 4 aromatic rings. The molecule has 194 valence electrons. The van der Waals surface area contributed by atoms with Crippen LogP contribution in [0.4, 0.5) is 5.13 Å². The van der Waals surface area contributed by atoms with Crippen molar-refractivity contribution in [2.24, 2.45) is 0 Å². The smallest absolute Gasteiger partial charge is 0.301 e. The summed E-state index contributed by atoms with van der Waals surface area (Å²) in [6.45, 7) is 6.60. The minimum atomic E-state index is -0.876. The van der Waals surface area contributed by atoms with E-state index in [9.17, 15) is 14.7 Å². The molecule has 0 saturated carbocycles. The topological polar surface area (TPSA) is 79.7 Å². The van der Waals surface area contributed by atoms with Crippen LogP contribution in [0.5, 0.6) is 5.75 Å². The molecule has 0 spiro atoms. The molecule has 1 aliphatic rings. The maximum absolute atomic E-state index is 13.5. The molecule has 3 aromatic carbocycles. The van der Waals surface area contributed by atoms with Crippen molar-refractivity contribution in [3.8, 4) is 5.75 Å². The van der Waals surface area contributed by atoms with Gasteiger partial charge in [0.1, 0.15) is 11.5 Å². The summed E-state index contributed by atoms with van der Waals surface area (Å²) in [6, 6.07) is 17.0. The van der Waals surface area contributed by atoms with Crippen molar-refractivity contribution in [2.75, 3.05) is 11.5 Å². The number of carbonyl (C=O) groups is 2. The molecule has 5 rings (SSSR count). The summed E-state index contributed by atoms with van der Waals surface area (Å²) in [7, 11) is 0. The van der Waals surface area contributed by atoms with E-state index >= 15 is 0 Å². The van der Waals surface area contributed by atoms with Gasteiger partial charge >= 0.3 is 5.91 Å². The van der Waals surface area contributed by atoms with Crippen molar-refractivity contribution in [3.05, 3.63) is 93.5 Å². The first-order valence-electron chi connectivity index (χ1n) is 12.5. The number of aromatic nitrogens is 1. The third kappa shape index (κ3) is 4.79. The van der Waals surface area contributed by atoms with Gasteiger partial charge in [0, 0.05) is 10.6 Å². The van der Waals surface area contributed by atoms with E-state index in [1.165, 1.54) is 16.2 Å². The second-order valence-corrected chi connectivity index (χ2v) is 10.8. The number of carbonyl (C=O) groups excluding carboxylic acids is 2. The summed E-state index contributed by atoms with van der Waals surface area (Å²) < 4.78 is 6.72. The molecule has 1 aliphatic heterocycles. The molecule has 1 unspecified atom stereocenters. The molecule has 0 radical (unpaired) electrons. The monoisotopic (exact) mass is 546 g/mol. The molecule has 8 heteroatoms. The first kappa shape index (κ1) is 25.9. The largest absolute Gasteiger partial charge is 0.507 e. The number of halogens is 1. The lowest BCUT2D eigenvalue weighted by molar-refractivity contribution is -0.132. The van der Waals surface area contributed by atoms with Gasteiger partial charge in [0.05, 0.1) is 28.4 Å². The third-order valence-corrected chi connectivity index (χ3v) is 7.78. The molecule has 1 fully saturated rings. The molecule has 1 saturated heterocycles. The van der Waals surface area contributed by atoms with Crippen molar-refractivity contribution in [2.45, 2.75) is 39.7 Å². The number of fused-ring (bicyclic) bond motifs is 1. The quantitative estimate of drug-likeness (QED) is 0.113. The number of thiazole rings is 1. The molecular formula is C30H27ClN2O4S. The molecular weight excluding hydrogens is 520 g/mol. The fourth-order valence-electron chi connectivity index (χ4n) is 4.68. The number of rotatable bonds is 7. The van der Waals surface area contributed by atoms with Crippen LogP contribution in [0.2, 0.25) is 5.02 Å². The van der Waals surface area contributed by atoms with Gasteiger partial charge in [-0.2, -0.15) is 0 Å². The third-order valence-electron chi connectivity index (χ3n) is 6.53. The second-order valence-electron chi connectivity index (χ2n) is 9.38. The Kier molecular flexibility index (Phi) is 7.23. The summed E-state index contributed by atoms with van der Waals surface area (Å²) in [5.74, 6) is -1.20. The lowest BCUT2D eigenvalue weighted by Crippen LogP contribution is -2.29. The van der Waals surface area contributed by atoms with E-state index in [0.717, 1.165) is 34.2 Å². The van der Waals surface area contributed by atoms with Gasteiger partial charge in [-0.1, -0.05) is 66.6 Å². The molecule has 1 N–H and O–H groups in total. The summed E-state index contributed by atoms with van der Waals surface area (Å²) in [5.41, 5.74) is 3.88. The van der Waals surface area contributed by atoms with E-state index in [-0.39, 0.29) is 11.3 Å². The van der Waals surface area contributed by atoms with E-state index in [1.807, 2.05) is 26.0 Å². The summed E-state index contributed by atoms with van der Waals surface area (Å²) in [5, 5.41) is 12.4. The highest BCUT2D eigenvalue weighted by molar-refractivity contribution is 7.22. The molecule has 1 atom stereocenters. The fourth-order valence-corrected chi connectivity index (χ4v) is 5.97.